The standard InChI is InChI=1S/C6H15O2PS2.C4H12N/c1-5(2)7-9(10,11)8-6(3)4;1-5(2,3)4/h5-6H,1-4H3,(H,10,11);1-4H3/q;+1/p-1. The maximum atomic E-state index is 5.27. The van der Waals surface area contributed by atoms with Crippen LogP contribution in [0.25, 0.3) is 0 Å². The predicted octanol–water partition coefficient (Wildman–Crippen LogP) is 2.93. The SMILES string of the molecule is CC(C)OP(=S)([S-])OC(C)C.C[N+](C)(C)C. The first-order valence-electron chi connectivity index (χ1n) is 5.30. The molecule has 0 aliphatic heterocycles. The molecular weight excluding hydrogens is 261 g/mol. The van der Waals surface area contributed by atoms with Gasteiger partial charge in [0.2, 0.25) is 0 Å². The van der Waals surface area contributed by atoms with Gasteiger partial charge in [0.25, 0.3) is 0 Å². The molecule has 0 aliphatic rings. The highest BCUT2D eigenvalue weighted by atomic mass is 32.9. The summed E-state index contributed by atoms with van der Waals surface area (Å²) in [5.74, 6) is 0. The van der Waals surface area contributed by atoms with E-state index in [1.807, 2.05) is 27.7 Å². The third-order valence-corrected chi connectivity index (χ3v) is 3.07. The molecule has 0 N–H and O–H groups in total. The molecule has 0 unspecified atom stereocenters. The zero-order valence-electron chi connectivity index (χ0n) is 11.7. The molecule has 0 radical (unpaired) electrons. The topological polar surface area (TPSA) is 18.5 Å². The Hall–Kier alpha value is 0.880. The van der Waals surface area contributed by atoms with Gasteiger partial charge < -0.3 is 25.8 Å². The van der Waals surface area contributed by atoms with Crippen LogP contribution in [0, 0.1) is 0 Å². The van der Waals surface area contributed by atoms with Crippen LogP contribution >= 0.6 is 5.69 Å². The highest BCUT2D eigenvalue weighted by Gasteiger charge is 2.06. The first kappa shape index (κ1) is 19.2. The van der Waals surface area contributed by atoms with E-state index in [-0.39, 0.29) is 12.2 Å². The number of rotatable bonds is 4. The molecule has 0 spiro atoms. The fraction of sp³-hybridized carbons (Fsp3) is 1.00. The van der Waals surface area contributed by atoms with Crippen LogP contribution in [-0.4, -0.2) is 44.9 Å². The van der Waals surface area contributed by atoms with Gasteiger partial charge in [0.05, 0.1) is 46.1 Å². The van der Waals surface area contributed by atoms with Crippen molar-refractivity contribution in [3.8, 4) is 0 Å². The van der Waals surface area contributed by atoms with Crippen LogP contribution in [0.1, 0.15) is 27.7 Å². The largest absolute Gasteiger partial charge is 0.691 e. The summed E-state index contributed by atoms with van der Waals surface area (Å²) in [6.07, 6.45) is 0.106. The number of hydrogen-bond donors (Lipinski definition) is 0. The fourth-order valence-electron chi connectivity index (χ4n) is 0.541. The van der Waals surface area contributed by atoms with Gasteiger partial charge in [-0.2, -0.15) is 0 Å². The van der Waals surface area contributed by atoms with Gasteiger partial charge in [-0.25, -0.2) is 0 Å². The summed E-state index contributed by atoms with van der Waals surface area (Å²) in [6.45, 7) is 7.60. The molecule has 0 saturated carbocycles. The Balaban J connectivity index is 0. The van der Waals surface area contributed by atoms with E-state index < -0.39 is 5.69 Å². The number of hydrogen-bond acceptors (Lipinski definition) is 4. The Morgan fingerprint density at radius 1 is 0.938 bits per heavy atom. The summed E-state index contributed by atoms with van der Waals surface area (Å²) in [6, 6.07) is 0. The lowest BCUT2D eigenvalue weighted by molar-refractivity contribution is -0.849. The van der Waals surface area contributed by atoms with E-state index >= 15 is 0 Å². The Morgan fingerprint density at radius 3 is 1.25 bits per heavy atom. The summed E-state index contributed by atoms with van der Waals surface area (Å²) in [5, 5.41) is 0. The molecule has 0 aromatic rings. The third kappa shape index (κ3) is 24.2. The molecule has 0 rings (SSSR count). The Morgan fingerprint density at radius 2 is 1.12 bits per heavy atom. The summed E-state index contributed by atoms with van der Waals surface area (Å²) in [7, 11) is 8.50. The molecule has 3 nitrogen and oxygen atoms in total. The normalized spacial score (nSPS) is 12.7. The van der Waals surface area contributed by atoms with Crippen LogP contribution in [0.3, 0.4) is 0 Å². The molecule has 0 aliphatic carbocycles. The zero-order chi connectivity index (χ0) is 13.6. The molecule has 0 fully saturated rings. The highest BCUT2D eigenvalue weighted by Crippen LogP contribution is 2.48. The Kier molecular flexibility index (Phi) is 9.69. The van der Waals surface area contributed by atoms with Gasteiger partial charge in [-0.1, -0.05) is 11.8 Å². The van der Waals surface area contributed by atoms with Crippen molar-refractivity contribution in [1.29, 1.82) is 0 Å². The fourth-order valence-corrected chi connectivity index (χ4v) is 3.69. The van der Waals surface area contributed by atoms with E-state index in [0.717, 1.165) is 4.48 Å². The Labute approximate surface area is 111 Å². The molecule has 0 saturated heterocycles. The molecule has 0 amide bonds. The van der Waals surface area contributed by atoms with Gasteiger partial charge >= 0.3 is 0 Å². The predicted molar refractivity (Wildman–Crippen MR) is 78.0 cm³/mol. The van der Waals surface area contributed by atoms with Crippen LogP contribution in [0.5, 0.6) is 0 Å². The maximum absolute atomic E-state index is 5.27. The third-order valence-electron chi connectivity index (χ3n) is 0.680. The minimum atomic E-state index is -2.39. The first-order valence-corrected chi connectivity index (χ1v) is 8.95. The van der Waals surface area contributed by atoms with Crippen molar-refractivity contribution < 1.29 is 13.5 Å². The van der Waals surface area contributed by atoms with Gasteiger partial charge in [0.15, 0.2) is 0 Å². The van der Waals surface area contributed by atoms with E-state index in [0.29, 0.717) is 0 Å². The minimum Gasteiger partial charge on any atom is -0.691 e. The summed E-state index contributed by atoms with van der Waals surface area (Å²) >= 11 is 9.95. The molecule has 0 aromatic heterocycles. The lowest BCUT2D eigenvalue weighted by Gasteiger charge is -2.31. The molecule has 6 heteroatoms. The average molecular weight is 287 g/mol. The quantitative estimate of drug-likeness (QED) is 0.449. The van der Waals surface area contributed by atoms with Crippen LogP contribution in [0.15, 0.2) is 0 Å². The van der Waals surface area contributed by atoms with Crippen molar-refractivity contribution in [3.63, 3.8) is 0 Å². The Bertz CT molecular complexity index is 207. The smallest absolute Gasteiger partial charge is 0.0675 e. The average Bonchev–Trinajstić information content (AvgIpc) is 1.72. The first-order chi connectivity index (χ1) is 6.83. The van der Waals surface area contributed by atoms with Crippen LogP contribution < -0.4 is 0 Å². The van der Waals surface area contributed by atoms with Crippen molar-refractivity contribution in [3.05, 3.63) is 0 Å². The van der Waals surface area contributed by atoms with Crippen LogP contribution in [0.2, 0.25) is 0 Å². The molecule has 16 heavy (non-hydrogen) atoms. The second-order valence-electron chi connectivity index (χ2n) is 5.44. The van der Waals surface area contributed by atoms with Gasteiger partial charge in [-0.15, -0.1) is 0 Å². The van der Waals surface area contributed by atoms with Crippen molar-refractivity contribution >= 4 is 29.7 Å². The van der Waals surface area contributed by atoms with Crippen molar-refractivity contribution in [1.82, 2.24) is 0 Å². The number of quaternary nitrogens is 1. The lowest BCUT2D eigenvalue weighted by atomic mass is 10.5. The summed E-state index contributed by atoms with van der Waals surface area (Å²) < 4.78 is 11.5. The monoisotopic (exact) mass is 287 g/mol. The van der Waals surface area contributed by atoms with Crippen molar-refractivity contribution in [2.75, 3.05) is 28.2 Å². The highest BCUT2D eigenvalue weighted by molar-refractivity contribution is 8.51. The van der Waals surface area contributed by atoms with Gasteiger partial charge in [0, 0.05) is 0 Å². The molecule has 0 bridgehead atoms. The number of nitrogens with zero attached hydrogens (tertiary/aromatic N) is 1. The van der Waals surface area contributed by atoms with Gasteiger partial charge in [-0.3, -0.25) is 0 Å². The zero-order valence-corrected chi connectivity index (χ0v) is 14.2. The van der Waals surface area contributed by atoms with Gasteiger partial charge in [0.1, 0.15) is 0 Å². The lowest BCUT2D eigenvalue weighted by Crippen LogP contribution is -2.27. The molecule has 0 heterocycles. The second-order valence-corrected chi connectivity index (χ2v) is 10.3. The summed E-state index contributed by atoms with van der Waals surface area (Å²) in [4.78, 5) is 0. The minimum absolute atomic E-state index is 0.0529. The van der Waals surface area contributed by atoms with Crippen LogP contribution in [0.4, 0.5) is 0 Å². The summed E-state index contributed by atoms with van der Waals surface area (Å²) in [5.41, 5.74) is -2.39. The van der Waals surface area contributed by atoms with E-state index in [1.165, 1.54) is 0 Å². The molecular formula is C10H26NO2PS2. The van der Waals surface area contributed by atoms with E-state index in [2.05, 4.69) is 28.2 Å². The van der Waals surface area contributed by atoms with Gasteiger partial charge in [-0.05, 0) is 27.7 Å². The van der Waals surface area contributed by atoms with Crippen LogP contribution in [-0.2, 0) is 33.1 Å². The van der Waals surface area contributed by atoms with Crippen molar-refractivity contribution in [2.45, 2.75) is 39.9 Å². The van der Waals surface area contributed by atoms with E-state index in [9.17, 15) is 0 Å². The van der Waals surface area contributed by atoms with E-state index in [1.54, 1.807) is 0 Å². The molecule has 0 atom stereocenters. The van der Waals surface area contributed by atoms with E-state index in [4.69, 9.17) is 33.1 Å². The maximum Gasteiger partial charge on any atom is 0.0675 e. The second kappa shape index (κ2) is 8.06. The molecule has 100 valence electrons. The van der Waals surface area contributed by atoms with Crippen molar-refractivity contribution in [2.24, 2.45) is 0 Å². The molecule has 0 aromatic carbocycles.